The number of aryl methyl sites for hydroxylation is 1. The van der Waals surface area contributed by atoms with Crippen molar-refractivity contribution in [2.45, 2.75) is 25.2 Å². The minimum atomic E-state index is -4.09. The van der Waals surface area contributed by atoms with Crippen LogP contribution in [0.15, 0.2) is 71.3 Å². The molecular formula is C24H21FN2O4S. The summed E-state index contributed by atoms with van der Waals surface area (Å²) in [4.78, 5) is 12.0. The van der Waals surface area contributed by atoms with E-state index in [4.69, 9.17) is 4.74 Å². The number of hydrogen-bond donors (Lipinski definition) is 0. The van der Waals surface area contributed by atoms with E-state index in [2.05, 4.69) is 0 Å². The summed E-state index contributed by atoms with van der Waals surface area (Å²) >= 11 is 0. The number of esters is 1. The number of nitriles is 1. The summed E-state index contributed by atoms with van der Waals surface area (Å²) in [5.74, 6) is -1.43. The van der Waals surface area contributed by atoms with E-state index < -0.39 is 21.8 Å². The Morgan fingerprint density at radius 3 is 2.44 bits per heavy atom. The third-order valence-electron chi connectivity index (χ3n) is 4.77. The van der Waals surface area contributed by atoms with E-state index in [9.17, 15) is 22.9 Å². The van der Waals surface area contributed by atoms with E-state index in [1.165, 1.54) is 48.7 Å². The molecule has 6 nitrogen and oxygen atoms in total. The maximum atomic E-state index is 14.6. The molecule has 0 fully saturated rings. The molecule has 8 heteroatoms. The number of carbonyl (C=O) groups excluding carboxylic acids is 1. The van der Waals surface area contributed by atoms with Crippen LogP contribution in [0.4, 0.5) is 4.39 Å². The van der Waals surface area contributed by atoms with E-state index in [1.54, 1.807) is 31.2 Å². The molecule has 0 spiro atoms. The first-order valence-electron chi connectivity index (χ1n) is 9.92. The molecule has 0 bridgehead atoms. The van der Waals surface area contributed by atoms with Crippen molar-refractivity contribution in [1.29, 1.82) is 5.26 Å². The predicted octanol–water partition coefficient (Wildman–Crippen LogP) is 4.56. The number of carbonyl (C=O) groups is 1. The molecule has 0 aliphatic heterocycles. The monoisotopic (exact) mass is 452 g/mol. The van der Waals surface area contributed by atoms with Crippen LogP contribution in [0.5, 0.6) is 0 Å². The van der Waals surface area contributed by atoms with Crippen LogP contribution in [0.3, 0.4) is 0 Å². The van der Waals surface area contributed by atoms with Crippen molar-refractivity contribution in [2.24, 2.45) is 0 Å². The zero-order chi connectivity index (χ0) is 23.3. The lowest BCUT2D eigenvalue weighted by Crippen LogP contribution is -2.13. The van der Waals surface area contributed by atoms with Crippen LogP contribution < -0.4 is 0 Å². The fourth-order valence-electron chi connectivity index (χ4n) is 3.13. The van der Waals surface area contributed by atoms with Gasteiger partial charge in [0, 0.05) is 11.8 Å². The van der Waals surface area contributed by atoms with Gasteiger partial charge in [0.1, 0.15) is 17.5 Å². The molecule has 2 aromatic carbocycles. The Balaban J connectivity index is 2.21. The second kappa shape index (κ2) is 9.62. The van der Waals surface area contributed by atoms with Gasteiger partial charge in [-0.1, -0.05) is 31.2 Å². The third kappa shape index (κ3) is 4.63. The minimum Gasteiger partial charge on any atom is -0.462 e. The molecule has 0 aliphatic rings. The van der Waals surface area contributed by atoms with Crippen LogP contribution in [0, 0.1) is 17.1 Å². The number of ether oxygens (including phenoxy) is 1. The van der Waals surface area contributed by atoms with Crippen LogP contribution in [-0.2, 0) is 26.0 Å². The van der Waals surface area contributed by atoms with Gasteiger partial charge in [-0.05, 0) is 60.9 Å². The highest BCUT2D eigenvalue weighted by Gasteiger charge is 2.23. The zero-order valence-electron chi connectivity index (χ0n) is 17.6. The van der Waals surface area contributed by atoms with Crippen LogP contribution in [0.2, 0.25) is 0 Å². The lowest BCUT2D eigenvalue weighted by Gasteiger charge is -2.11. The van der Waals surface area contributed by atoms with E-state index >= 15 is 0 Å². The molecule has 164 valence electrons. The van der Waals surface area contributed by atoms with Crippen molar-refractivity contribution in [3.05, 3.63) is 83.3 Å². The van der Waals surface area contributed by atoms with Gasteiger partial charge in [-0.2, -0.15) is 5.26 Å². The number of hydrogen-bond acceptors (Lipinski definition) is 5. The first kappa shape index (κ1) is 23.0. The van der Waals surface area contributed by atoms with Crippen molar-refractivity contribution < 1.29 is 22.3 Å². The molecule has 1 heterocycles. The molecule has 1 aromatic heterocycles. The fourth-order valence-corrected chi connectivity index (χ4v) is 4.51. The summed E-state index contributed by atoms with van der Waals surface area (Å²) in [5, 5.41) is 9.30. The van der Waals surface area contributed by atoms with Gasteiger partial charge in [-0.15, -0.1) is 0 Å². The van der Waals surface area contributed by atoms with Crippen LogP contribution in [-0.4, -0.2) is 25.0 Å². The van der Waals surface area contributed by atoms with E-state index in [0.29, 0.717) is 0 Å². The Hall–Kier alpha value is -3.70. The van der Waals surface area contributed by atoms with Gasteiger partial charge in [0.05, 0.1) is 17.2 Å². The molecule has 0 saturated heterocycles. The van der Waals surface area contributed by atoms with Crippen molar-refractivity contribution in [3.63, 3.8) is 0 Å². The molecule has 0 N–H and O–H groups in total. The highest BCUT2D eigenvalue weighted by Crippen LogP contribution is 2.30. The van der Waals surface area contributed by atoms with Gasteiger partial charge < -0.3 is 4.74 Å². The zero-order valence-corrected chi connectivity index (χ0v) is 18.4. The Morgan fingerprint density at radius 2 is 1.84 bits per heavy atom. The van der Waals surface area contributed by atoms with Crippen LogP contribution >= 0.6 is 0 Å². The van der Waals surface area contributed by atoms with Crippen molar-refractivity contribution >= 4 is 22.1 Å². The first-order chi connectivity index (χ1) is 15.3. The Kier molecular flexibility index (Phi) is 6.91. The summed E-state index contributed by atoms with van der Waals surface area (Å²) in [5.41, 5.74) is 1.04. The van der Waals surface area contributed by atoms with Crippen LogP contribution in [0.1, 0.15) is 25.0 Å². The summed E-state index contributed by atoms with van der Waals surface area (Å²) in [7, 11) is -4.09. The van der Waals surface area contributed by atoms with Gasteiger partial charge in [0.15, 0.2) is 0 Å². The van der Waals surface area contributed by atoms with Gasteiger partial charge in [0.2, 0.25) is 0 Å². The first-order valence-corrected chi connectivity index (χ1v) is 11.4. The Morgan fingerprint density at radius 1 is 1.16 bits per heavy atom. The second-order valence-corrected chi connectivity index (χ2v) is 8.64. The van der Waals surface area contributed by atoms with E-state index in [-0.39, 0.29) is 33.9 Å². The number of halogens is 1. The standard InChI is InChI=1S/C24H21FN2O4S/c1-3-17-9-11-20(12-10-17)32(29,30)27-16-18(13-19(15-26)24(28)31-4-2)14-23(27)21-7-5-6-8-22(21)25/h5-14,16H,3-4H2,1-2H3/b19-13+. The maximum absolute atomic E-state index is 14.6. The number of aromatic nitrogens is 1. The van der Waals surface area contributed by atoms with Gasteiger partial charge in [-0.3, -0.25) is 0 Å². The summed E-state index contributed by atoms with van der Waals surface area (Å²) < 4.78 is 47.2. The minimum absolute atomic E-state index is 0.0318. The quantitative estimate of drug-likeness (QED) is 0.298. The molecule has 3 rings (SSSR count). The molecule has 0 amide bonds. The SMILES string of the molecule is CCOC(=O)/C(C#N)=C/c1cc(-c2ccccc2F)n(S(=O)(=O)c2ccc(CC)cc2)c1. The van der Waals surface area contributed by atoms with Crippen molar-refractivity contribution in [3.8, 4) is 17.3 Å². The summed E-state index contributed by atoms with van der Waals surface area (Å²) in [6.45, 7) is 3.65. The summed E-state index contributed by atoms with van der Waals surface area (Å²) in [6.07, 6.45) is 3.22. The normalized spacial score (nSPS) is 11.8. The topological polar surface area (TPSA) is 89.2 Å². The smallest absolute Gasteiger partial charge is 0.348 e. The van der Waals surface area contributed by atoms with Crippen molar-refractivity contribution in [1.82, 2.24) is 3.97 Å². The highest BCUT2D eigenvalue weighted by molar-refractivity contribution is 7.90. The van der Waals surface area contributed by atoms with E-state index in [0.717, 1.165) is 16.0 Å². The molecule has 32 heavy (non-hydrogen) atoms. The van der Waals surface area contributed by atoms with Crippen molar-refractivity contribution in [2.75, 3.05) is 6.61 Å². The number of nitrogens with zero attached hydrogens (tertiary/aromatic N) is 2. The molecular weight excluding hydrogens is 431 g/mol. The maximum Gasteiger partial charge on any atom is 0.348 e. The van der Waals surface area contributed by atoms with Gasteiger partial charge in [-0.25, -0.2) is 21.6 Å². The molecule has 0 saturated carbocycles. The average molecular weight is 453 g/mol. The number of benzene rings is 2. The lowest BCUT2D eigenvalue weighted by molar-refractivity contribution is -0.137. The van der Waals surface area contributed by atoms with Gasteiger partial charge in [0.25, 0.3) is 10.0 Å². The molecule has 0 unspecified atom stereocenters. The third-order valence-corrected chi connectivity index (χ3v) is 6.46. The van der Waals surface area contributed by atoms with Gasteiger partial charge >= 0.3 is 5.97 Å². The predicted molar refractivity (Wildman–Crippen MR) is 118 cm³/mol. The molecule has 3 aromatic rings. The van der Waals surface area contributed by atoms with Crippen LogP contribution in [0.25, 0.3) is 17.3 Å². The molecule has 0 atom stereocenters. The molecule has 0 radical (unpaired) electrons. The summed E-state index contributed by atoms with van der Waals surface area (Å²) in [6, 6.07) is 15.4. The largest absolute Gasteiger partial charge is 0.462 e. The van der Waals surface area contributed by atoms with E-state index in [1.807, 2.05) is 6.92 Å². The molecule has 0 aliphatic carbocycles. The number of rotatable bonds is 7. The fraction of sp³-hybridized carbons (Fsp3) is 0.167. The highest BCUT2D eigenvalue weighted by atomic mass is 32.2. The second-order valence-electron chi connectivity index (χ2n) is 6.83. The Labute approximate surface area is 186 Å². The lowest BCUT2D eigenvalue weighted by atomic mass is 10.1. The average Bonchev–Trinajstić information content (AvgIpc) is 3.22. The Bertz CT molecular complexity index is 1320.